The van der Waals surface area contributed by atoms with Crippen molar-refractivity contribution in [1.82, 2.24) is 4.98 Å². The largest absolute Gasteiger partial charge is 0.506 e. The van der Waals surface area contributed by atoms with Crippen molar-refractivity contribution in [3.05, 3.63) is 48.0 Å². The lowest BCUT2D eigenvalue weighted by Gasteiger charge is -2.04. The number of phenols is 1. The fourth-order valence-corrected chi connectivity index (χ4v) is 1.99. The van der Waals surface area contributed by atoms with Gasteiger partial charge >= 0.3 is 0 Å². The molecule has 0 amide bonds. The molecule has 0 aliphatic heterocycles. The maximum atomic E-state index is 9.73. The molecule has 0 aliphatic carbocycles. The molecule has 0 fully saturated rings. The Morgan fingerprint density at radius 3 is 2.71 bits per heavy atom. The third-order valence-corrected chi connectivity index (χ3v) is 2.86. The number of pyridine rings is 1. The lowest BCUT2D eigenvalue weighted by atomic mass is 10.1. The average Bonchev–Trinajstić information content (AvgIpc) is 2.36. The van der Waals surface area contributed by atoms with Gasteiger partial charge in [0.05, 0.1) is 12.1 Å². The molecule has 3 rings (SSSR count). The van der Waals surface area contributed by atoms with Crippen molar-refractivity contribution in [3.8, 4) is 5.75 Å². The molecule has 0 saturated carbocycles. The van der Waals surface area contributed by atoms with Gasteiger partial charge in [0.2, 0.25) is 0 Å². The summed E-state index contributed by atoms with van der Waals surface area (Å²) in [5.74, 6) is 0.190. The van der Waals surface area contributed by atoms with Crippen LogP contribution >= 0.6 is 0 Å². The van der Waals surface area contributed by atoms with Crippen LogP contribution in [-0.2, 0) is 6.61 Å². The van der Waals surface area contributed by atoms with Gasteiger partial charge in [0.1, 0.15) is 11.3 Å². The highest BCUT2D eigenvalue weighted by molar-refractivity contribution is 5.95. The summed E-state index contributed by atoms with van der Waals surface area (Å²) in [6.07, 6.45) is 0. The summed E-state index contributed by atoms with van der Waals surface area (Å²) >= 11 is 0. The lowest BCUT2D eigenvalue weighted by molar-refractivity contribution is 0.282. The maximum Gasteiger partial charge on any atom is 0.141 e. The van der Waals surface area contributed by atoms with Gasteiger partial charge in [0.25, 0.3) is 0 Å². The topological polar surface area (TPSA) is 53.4 Å². The van der Waals surface area contributed by atoms with E-state index in [0.717, 1.165) is 21.9 Å². The van der Waals surface area contributed by atoms with E-state index >= 15 is 0 Å². The normalized spacial score (nSPS) is 11.1. The van der Waals surface area contributed by atoms with E-state index in [1.807, 2.05) is 30.3 Å². The smallest absolute Gasteiger partial charge is 0.141 e. The van der Waals surface area contributed by atoms with E-state index < -0.39 is 0 Å². The molecule has 2 aromatic carbocycles. The number of para-hydroxylation sites is 1. The summed E-state index contributed by atoms with van der Waals surface area (Å²) in [5.41, 5.74) is 2.28. The molecule has 0 spiro atoms. The molecule has 3 heteroatoms. The zero-order valence-corrected chi connectivity index (χ0v) is 9.09. The van der Waals surface area contributed by atoms with E-state index in [0.29, 0.717) is 5.52 Å². The van der Waals surface area contributed by atoms with Gasteiger partial charge in [-0.2, -0.15) is 0 Å². The molecule has 1 heterocycles. The van der Waals surface area contributed by atoms with E-state index in [4.69, 9.17) is 5.11 Å². The van der Waals surface area contributed by atoms with Crippen molar-refractivity contribution >= 4 is 21.8 Å². The Balaban J connectivity index is 2.39. The quantitative estimate of drug-likeness (QED) is 0.626. The summed E-state index contributed by atoms with van der Waals surface area (Å²) in [5, 5.41) is 20.7. The minimum absolute atomic E-state index is 0.0218. The zero-order valence-electron chi connectivity index (χ0n) is 9.09. The number of aromatic nitrogens is 1. The van der Waals surface area contributed by atoms with Crippen molar-refractivity contribution in [1.29, 1.82) is 0 Å². The number of hydrogen-bond acceptors (Lipinski definition) is 3. The Morgan fingerprint density at radius 2 is 1.88 bits per heavy atom. The summed E-state index contributed by atoms with van der Waals surface area (Å²) in [6, 6.07) is 12.9. The maximum absolute atomic E-state index is 9.73. The van der Waals surface area contributed by atoms with Gasteiger partial charge < -0.3 is 10.2 Å². The first kappa shape index (κ1) is 10.1. The number of aromatic hydroxyl groups is 1. The molecule has 0 radical (unpaired) electrons. The molecule has 3 nitrogen and oxygen atoms in total. The van der Waals surface area contributed by atoms with Crippen LogP contribution in [0.15, 0.2) is 42.5 Å². The number of benzene rings is 2. The first-order chi connectivity index (χ1) is 8.28. The zero-order chi connectivity index (χ0) is 11.8. The number of nitrogens with zero attached hydrogens (tertiary/aromatic N) is 1. The Kier molecular flexibility index (Phi) is 2.20. The molecule has 17 heavy (non-hydrogen) atoms. The van der Waals surface area contributed by atoms with Crippen molar-refractivity contribution in [2.24, 2.45) is 0 Å². The number of fused-ring (bicyclic) bond motifs is 2. The van der Waals surface area contributed by atoms with Crippen LogP contribution in [0.3, 0.4) is 0 Å². The van der Waals surface area contributed by atoms with Gasteiger partial charge in [-0.1, -0.05) is 18.2 Å². The van der Waals surface area contributed by atoms with Crippen LogP contribution in [0.25, 0.3) is 21.8 Å². The van der Waals surface area contributed by atoms with E-state index in [-0.39, 0.29) is 12.4 Å². The predicted octanol–water partition coefficient (Wildman–Crippen LogP) is 2.59. The number of aliphatic hydroxyl groups is 1. The lowest BCUT2D eigenvalue weighted by Crippen LogP contribution is -1.86. The number of aliphatic hydroxyl groups excluding tert-OH is 1. The highest BCUT2D eigenvalue weighted by atomic mass is 16.3. The van der Waals surface area contributed by atoms with Gasteiger partial charge in [-0.05, 0) is 29.8 Å². The molecule has 0 unspecified atom stereocenters. The second kappa shape index (κ2) is 3.71. The van der Waals surface area contributed by atoms with Crippen molar-refractivity contribution < 1.29 is 10.2 Å². The van der Waals surface area contributed by atoms with Crippen LogP contribution in [0, 0.1) is 0 Å². The molecular weight excluding hydrogens is 214 g/mol. The van der Waals surface area contributed by atoms with Crippen LogP contribution in [0.2, 0.25) is 0 Å². The van der Waals surface area contributed by atoms with Gasteiger partial charge in [-0.25, -0.2) is 4.98 Å². The second-order valence-electron chi connectivity index (χ2n) is 4.02. The summed E-state index contributed by atoms with van der Waals surface area (Å²) in [7, 11) is 0. The minimum atomic E-state index is 0.0218. The first-order valence-electron chi connectivity index (χ1n) is 5.40. The van der Waals surface area contributed by atoms with Crippen LogP contribution < -0.4 is 0 Å². The third-order valence-electron chi connectivity index (χ3n) is 2.86. The highest BCUT2D eigenvalue weighted by Crippen LogP contribution is 2.26. The summed E-state index contributed by atoms with van der Waals surface area (Å²) in [4.78, 5) is 4.42. The predicted molar refractivity (Wildman–Crippen MR) is 66.8 cm³/mol. The van der Waals surface area contributed by atoms with Crippen molar-refractivity contribution in [2.75, 3.05) is 0 Å². The first-order valence-corrected chi connectivity index (χ1v) is 5.40. The van der Waals surface area contributed by atoms with Gasteiger partial charge in [-0.15, -0.1) is 0 Å². The Labute approximate surface area is 98.0 Å². The minimum Gasteiger partial charge on any atom is -0.506 e. The van der Waals surface area contributed by atoms with Gasteiger partial charge in [0.15, 0.2) is 0 Å². The molecular formula is C14H11NO2. The Bertz CT molecular complexity index is 707. The van der Waals surface area contributed by atoms with E-state index in [1.165, 1.54) is 0 Å². The SMILES string of the molecule is OCc1ccc2nc3c(O)cccc3cc2c1. The average molecular weight is 225 g/mol. The Morgan fingerprint density at radius 1 is 1.00 bits per heavy atom. The molecule has 2 N–H and O–H groups in total. The second-order valence-corrected chi connectivity index (χ2v) is 4.02. The number of phenolic OH excluding ortho intramolecular Hbond substituents is 1. The van der Waals surface area contributed by atoms with Crippen molar-refractivity contribution in [3.63, 3.8) is 0 Å². The van der Waals surface area contributed by atoms with Crippen molar-refractivity contribution in [2.45, 2.75) is 6.61 Å². The fraction of sp³-hybridized carbons (Fsp3) is 0.0714. The standard InChI is InChI=1S/C14H11NO2/c16-8-9-4-5-12-11(6-9)7-10-2-1-3-13(17)14(10)15-12/h1-7,16-17H,8H2. The summed E-state index contributed by atoms with van der Waals surface area (Å²) in [6.45, 7) is 0.0218. The van der Waals surface area contributed by atoms with E-state index in [1.54, 1.807) is 12.1 Å². The fourth-order valence-electron chi connectivity index (χ4n) is 1.99. The molecule has 3 aromatic rings. The molecule has 1 aromatic heterocycles. The highest BCUT2D eigenvalue weighted by Gasteiger charge is 2.04. The molecule has 0 atom stereocenters. The van der Waals surface area contributed by atoms with Crippen LogP contribution in [0.4, 0.5) is 0 Å². The molecule has 0 aliphatic rings. The van der Waals surface area contributed by atoms with E-state index in [2.05, 4.69) is 4.98 Å². The van der Waals surface area contributed by atoms with Crippen LogP contribution in [0.5, 0.6) is 5.75 Å². The number of rotatable bonds is 1. The number of hydrogen-bond donors (Lipinski definition) is 2. The third kappa shape index (κ3) is 1.61. The molecule has 0 bridgehead atoms. The molecule has 84 valence electrons. The monoisotopic (exact) mass is 225 g/mol. The van der Waals surface area contributed by atoms with Gasteiger partial charge in [-0.3, -0.25) is 0 Å². The Hall–Kier alpha value is -2.13. The van der Waals surface area contributed by atoms with E-state index in [9.17, 15) is 5.11 Å². The van der Waals surface area contributed by atoms with Crippen LogP contribution in [0.1, 0.15) is 5.56 Å². The summed E-state index contributed by atoms with van der Waals surface area (Å²) < 4.78 is 0. The molecule has 0 saturated heterocycles. The van der Waals surface area contributed by atoms with Gasteiger partial charge in [0, 0.05) is 10.8 Å². The van der Waals surface area contributed by atoms with Crippen LogP contribution in [-0.4, -0.2) is 15.2 Å².